The zero-order chi connectivity index (χ0) is 15.1. The first-order chi connectivity index (χ1) is 9.43. The number of nitrogens with one attached hydrogen (secondary N) is 1. The van der Waals surface area contributed by atoms with Crippen LogP contribution >= 0.6 is 0 Å². The van der Waals surface area contributed by atoms with Gasteiger partial charge in [0.15, 0.2) is 0 Å². The molecule has 1 aromatic carbocycles. The number of amides is 1. The van der Waals surface area contributed by atoms with Gasteiger partial charge in [0.05, 0.1) is 0 Å². The van der Waals surface area contributed by atoms with E-state index < -0.39 is 0 Å². The number of carbonyl (C=O) groups excluding carboxylic acids is 1. The molecule has 1 unspecified atom stereocenters. The number of aliphatic hydroxyl groups is 1. The summed E-state index contributed by atoms with van der Waals surface area (Å²) in [6, 6.07) is 5.74. The number of aliphatic hydroxyl groups excluding tert-OH is 1. The summed E-state index contributed by atoms with van der Waals surface area (Å²) in [5.41, 5.74) is 2.31. The Morgan fingerprint density at radius 1 is 1.40 bits per heavy atom. The molecule has 0 fully saturated rings. The fraction of sp³-hybridized carbons (Fsp3) is 0.438. The van der Waals surface area contributed by atoms with E-state index in [-0.39, 0.29) is 18.6 Å². The maximum absolute atomic E-state index is 12.1. The highest BCUT2D eigenvalue weighted by Gasteiger charge is 2.10. The Kier molecular flexibility index (Phi) is 6.23. The largest absolute Gasteiger partial charge is 0.384 e. The molecule has 0 aromatic heterocycles. The molecule has 0 heterocycles. The summed E-state index contributed by atoms with van der Waals surface area (Å²) in [5.74, 6) is 5.31. The van der Waals surface area contributed by atoms with Gasteiger partial charge in [0.2, 0.25) is 0 Å². The molecule has 4 heteroatoms. The summed E-state index contributed by atoms with van der Waals surface area (Å²) < 4.78 is 0. The van der Waals surface area contributed by atoms with Crippen LogP contribution in [0.3, 0.4) is 0 Å². The van der Waals surface area contributed by atoms with Crippen LogP contribution in [0.2, 0.25) is 0 Å². The molecule has 20 heavy (non-hydrogen) atoms. The highest BCUT2D eigenvalue weighted by Crippen LogP contribution is 2.09. The summed E-state index contributed by atoms with van der Waals surface area (Å²) in [6.45, 7) is 4.38. The van der Waals surface area contributed by atoms with E-state index in [1.807, 2.05) is 33.2 Å². The van der Waals surface area contributed by atoms with E-state index >= 15 is 0 Å². The molecule has 108 valence electrons. The molecule has 0 saturated heterocycles. The highest BCUT2D eigenvalue weighted by atomic mass is 16.2. The molecule has 0 saturated carbocycles. The summed E-state index contributed by atoms with van der Waals surface area (Å²) in [4.78, 5) is 14.2. The Morgan fingerprint density at radius 2 is 2.10 bits per heavy atom. The maximum Gasteiger partial charge on any atom is 0.251 e. The number of nitrogens with zero attached hydrogens (tertiary/aromatic N) is 1. The highest BCUT2D eigenvalue weighted by molar-refractivity contribution is 5.94. The number of aryl methyl sites for hydroxylation is 1. The number of hydrogen-bond acceptors (Lipinski definition) is 3. The van der Waals surface area contributed by atoms with Crippen LogP contribution in [0.5, 0.6) is 0 Å². The first-order valence-electron chi connectivity index (χ1n) is 6.60. The van der Waals surface area contributed by atoms with Crippen LogP contribution in [0, 0.1) is 18.8 Å². The van der Waals surface area contributed by atoms with Crippen LogP contribution in [-0.2, 0) is 0 Å². The Bertz CT molecular complexity index is 527. The topological polar surface area (TPSA) is 52.6 Å². The van der Waals surface area contributed by atoms with E-state index in [0.717, 1.165) is 11.1 Å². The van der Waals surface area contributed by atoms with E-state index in [4.69, 9.17) is 5.11 Å². The van der Waals surface area contributed by atoms with Gasteiger partial charge < -0.3 is 15.3 Å². The zero-order valence-electron chi connectivity index (χ0n) is 12.5. The van der Waals surface area contributed by atoms with Gasteiger partial charge in [-0.05, 0) is 51.7 Å². The lowest BCUT2D eigenvalue weighted by Gasteiger charge is -2.20. The van der Waals surface area contributed by atoms with Gasteiger partial charge in [-0.25, -0.2) is 0 Å². The van der Waals surface area contributed by atoms with Gasteiger partial charge in [-0.15, -0.1) is 0 Å². The van der Waals surface area contributed by atoms with Gasteiger partial charge in [-0.1, -0.05) is 11.8 Å². The van der Waals surface area contributed by atoms with Crippen molar-refractivity contribution >= 4 is 5.91 Å². The summed E-state index contributed by atoms with van der Waals surface area (Å²) >= 11 is 0. The summed E-state index contributed by atoms with van der Waals surface area (Å²) in [7, 11) is 3.96. The quantitative estimate of drug-likeness (QED) is 0.806. The Labute approximate surface area is 120 Å². The number of likely N-dealkylation sites (N-methyl/N-ethyl adjacent to an activating group) is 1. The zero-order valence-corrected chi connectivity index (χ0v) is 12.5. The van der Waals surface area contributed by atoms with Crippen LogP contribution in [0.4, 0.5) is 0 Å². The van der Waals surface area contributed by atoms with Crippen molar-refractivity contribution in [3.05, 3.63) is 34.9 Å². The Balaban J connectivity index is 2.80. The van der Waals surface area contributed by atoms with Gasteiger partial charge in [-0.3, -0.25) is 4.79 Å². The average Bonchev–Trinajstić information content (AvgIpc) is 2.41. The second kappa shape index (κ2) is 7.68. The number of carbonyl (C=O) groups is 1. The van der Waals surface area contributed by atoms with E-state index in [2.05, 4.69) is 29.0 Å². The number of benzene rings is 1. The molecule has 0 spiro atoms. The standard InChI is InChI=1S/C16H22N2O2/c1-12-8-14(6-5-7-19)10-15(9-12)16(20)17-11-13(2)18(3)4/h8-10,13,19H,7,11H2,1-4H3,(H,17,20). The monoisotopic (exact) mass is 274 g/mol. The van der Waals surface area contributed by atoms with Crippen LogP contribution < -0.4 is 5.32 Å². The fourth-order valence-corrected chi connectivity index (χ4v) is 1.65. The van der Waals surface area contributed by atoms with E-state index in [1.54, 1.807) is 6.07 Å². The second-order valence-electron chi connectivity index (χ2n) is 5.07. The SMILES string of the molecule is Cc1cc(C#CCO)cc(C(=O)NCC(C)N(C)C)c1. The molecule has 1 amide bonds. The van der Waals surface area contributed by atoms with Gasteiger partial charge >= 0.3 is 0 Å². The normalized spacial score (nSPS) is 11.7. The fourth-order valence-electron chi connectivity index (χ4n) is 1.65. The van der Waals surface area contributed by atoms with E-state index in [1.165, 1.54) is 0 Å². The molecule has 2 N–H and O–H groups in total. The minimum atomic E-state index is -0.185. The molecule has 1 atom stereocenters. The lowest BCUT2D eigenvalue weighted by atomic mass is 10.1. The molecular formula is C16H22N2O2. The minimum Gasteiger partial charge on any atom is -0.384 e. The van der Waals surface area contributed by atoms with Crippen molar-refractivity contribution in [2.75, 3.05) is 27.2 Å². The van der Waals surface area contributed by atoms with Crippen molar-refractivity contribution in [1.29, 1.82) is 0 Å². The molecule has 1 rings (SSSR count). The van der Waals surface area contributed by atoms with Crippen molar-refractivity contribution in [1.82, 2.24) is 10.2 Å². The molecule has 0 aliphatic heterocycles. The van der Waals surface area contributed by atoms with Gasteiger partial charge in [-0.2, -0.15) is 0 Å². The molecular weight excluding hydrogens is 252 g/mol. The molecule has 4 nitrogen and oxygen atoms in total. The van der Waals surface area contributed by atoms with Gasteiger partial charge in [0, 0.05) is 23.7 Å². The molecule has 0 radical (unpaired) electrons. The maximum atomic E-state index is 12.1. The predicted molar refractivity (Wildman–Crippen MR) is 80.6 cm³/mol. The van der Waals surface area contributed by atoms with Crippen molar-refractivity contribution in [3.8, 4) is 11.8 Å². The number of rotatable bonds is 4. The Morgan fingerprint density at radius 3 is 2.70 bits per heavy atom. The lowest BCUT2D eigenvalue weighted by Crippen LogP contribution is -2.38. The van der Waals surface area contributed by atoms with Crippen molar-refractivity contribution in [2.24, 2.45) is 0 Å². The first kappa shape index (κ1) is 16.2. The van der Waals surface area contributed by atoms with Crippen molar-refractivity contribution < 1.29 is 9.90 Å². The molecule has 1 aromatic rings. The van der Waals surface area contributed by atoms with Gasteiger partial charge in [0.1, 0.15) is 6.61 Å². The third kappa shape index (κ3) is 5.04. The molecule has 0 aliphatic rings. The summed E-state index contributed by atoms with van der Waals surface area (Å²) in [5, 5.41) is 11.6. The average molecular weight is 274 g/mol. The smallest absolute Gasteiger partial charge is 0.251 e. The lowest BCUT2D eigenvalue weighted by molar-refractivity contribution is 0.0943. The molecule has 0 aliphatic carbocycles. The molecule has 0 bridgehead atoms. The van der Waals surface area contributed by atoms with Crippen LogP contribution in [-0.4, -0.2) is 49.2 Å². The summed E-state index contributed by atoms with van der Waals surface area (Å²) in [6.07, 6.45) is 0. The minimum absolute atomic E-state index is 0.102. The van der Waals surface area contributed by atoms with E-state index in [9.17, 15) is 4.79 Å². The van der Waals surface area contributed by atoms with E-state index in [0.29, 0.717) is 12.1 Å². The third-order valence-electron chi connectivity index (χ3n) is 3.09. The first-order valence-corrected chi connectivity index (χ1v) is 6.60. The van der Waals surface area contributed by atoms with Crippen LogP contribution in [0.25, 0.3) is 0 Å². The Hall–Kier alpha value is -1.83. The number of hydrogen-bond donors (Lipinski definition) is 2. The van der Waals surface area contributed by atoms with Gasteiger partial charge in [0.25, 0.3) is 5.91 Å². The van der Waals surface area contributed by atoms with Crippen LogP contribution in [0.15, 0.2) is 18.2 Å². The van der Waals surface area contributed by atoms with Crippen LogP contribution in [0.1, 0.15) is 28.4 Å². The predicted octanol–water partition coefficient (Wildman–Crippen LogP) is 1.02. The van der Waals surface area contributed by atoms with Crippen molar-refractivity contribution in [2.45, 2.75) is 19.9 Å². The van der Waals surface area contributed by atoms with Crippen molar-refractivity contribution in [3.63, 3.8) is 0 Å². The second-order valence-corrected chi connectivity index (χ2v) is 5.07. The third-order valence-corrected chi connectivity index (χ3v) is 3.09.